The lowest BCUT2D eigenvalue weighted by atomic mass is 10.1. The SMILES string of the molecule is C=Cc1cc(Cl)c(C(=O)Nc2cn(Cc3cccc(C(F)(F)F)c3)cn2)cn1. The summed E-state index contributed by atoms with van der Waals surface area (Å²) in [6.07, 6.45) is 1.35. The highest BCUT2D eigenvalue weighted by Crippen LogP contribution is 2.29. The summed E-state index contributed by atoms with van der Waals surface area (Å²) in [6.45, 7) is 3.74. The van der Waals surface area contributed by atoms with Crippen LogP contribution in [0.4, 0.5) is 19.0 Å². The Morgan fingerprint density at radius 3 is 2.75 bits per heavy atom. The summed E-state index contributed by atoms with van der Waals surface area (Å²) >= 11 is 6.07. The molecule has 1 aromatic carbocycles. The van der Waals surface area contributed by atoms with Gasteiger partial charge in [0.05, 0.1) is 28.2 Å². The minimum absolute atomic E-state index is 0.166. The summed E-state index contributed by atoms with van der Waals surface area (Å²) in [5.41, 5.74) is 0.438. The lowest BCUT2D eigenvalue weighted by molar-refractivity contribution is -0.137. The Hall–Kier alpha value is -3.13. The Bertz CT molecular complexity index is 1030. The Labute approximate surface area is 163 Å². The number of nitrogens with one attached hydrogen (secondary N) is 1. The molecule has 9 heteroatoms. The lowest BCUT2D eigenvalue weighted by Crippen LogP contribution is -2.13. The number of imidazole rings is 1. The zero-order chi connectivity index (χ0) is 20.3. The van der Waals surface area contributed by atoms with Crippen molar-refractivity contribution in [1.29, 1.82) is 0 Å². The van der Waals surface area contributed by atoms with E-state index >= 15 is 0 Å². The van der Waals surface area contributed by atoms with Crippen molar-refractivity contribution in [3.8, 4) is 0 Å². The van der Waals surface area contributed by atoms with Crippen molar-refractivity contribution in [2.75, 3.05) is 5.32 Å². The maximum absolute atomic E-state index is 12.8. The van der Waals surface area contributed by atoms with Gasteiger partial charge in [0.1, 0.15) is 0 Å². The summed E-state index contributed by atoms with van der Waals surface area (Å²) in [6, 6.07) is 6.53. The number of amides is 1. The fraction of sp³-hybridized carbons (Fsp3) is 0.105. The van der Waals surface area contributed by atoms with Crippen LogP contribution in [-0.4, -0.2) is 20.4 Å². The molecule has 0 radical (unpaired) electrons. The molecule has 0 aliphatic rings. The highest BCUT2D eigenvalue weighted by molar-refractivity contribution is 6.34. The third kappa shape index (κ3) is 4.58. The molecular formula is C19H14ClF3N4O. The van der Waals surface area contributed by atoms with Crippen molar-refractivity contribution in [3.63, 3.8) is 0 Å². The zero-order valence-corrected chi connectivity index (χ0v) is 15.1. The van der Waals surface area contributed by atoms with E-state index in [4.69, 9.17) is 11.6 Å². The van der Waals surface area contributed by atoms with E-state index in [1.54, 1.807) is 10.6 Å². The van der Waals surface area contributed by atoms with Gasteiger partial charge >= 0.3 is 6.18 Å². The number of halogens is 4. The first kappa shape index (κ1) is 19.6. The molecule has 28 heavy (non-hydrogen) atoms. The van der Waals surface area contributed by atoms with Gasteiger partial charge in [0.2, 0.25) is 0 Å². The maximum atomic E-state index is 12.8. The van der Waals surface area contributed by atoms with Gasteiger partial charge in [0.25, 0.3) is 5.91 Å². The summed E-state index contributed by atoms with van der Waals surface area (Å²) in [5, 5.41) is 2.79. The minimum atomic E-state index is -4.40. The topological polar surface area (TPSA) is 59.8 Å². The molecule has 0 spiro atoms. The second-order valence-corrected chi connectivity index (χ2v) is 6.28. The number of anilines is 1. The average Bonchev–Trinajstić information content (AvgIpc) is 3.07. The Morgan fingerprint density at radius 1 is 1.29 bits per heavy atom. The molecule has 0 aliphatic carbocycles. The number of carbonyl (C=O) groups is 1. The Kier molecular flexibility index (Phi) is 5.51. The first-order chi connectivity index (χ1) is 13.3. The van der Waals surface area contributed by atoms with Crippen molar-refractivity contribution in [2.45, 2.75) is 12.7 Å². The van der Waals surface area contributed by atoms with Gasteiger partial charge in [0.15, 0.2) is 5.82 Å². The van der Waals surface area contributed by atoms with Crippen molar-refractivity contribution in [3.05, 3.63) is 83.0 Å². The highest BCUT2D eigenvalue weighted by atomic mass is 35.5. The van der Waals surface area contributed by atoms with Crippen molar-refractivity contribution in [1.82, 2.24) is 14.5 Å². The number of hydrogen-bond donors (Lipinski definition) is 1. The van der Waals surface area contributed by atoms with Gasteiger partial charge in [-0.05, 0) is 29.8 Å². The summed E-state index contributed by atoms with van der Waals surface area (Å²) < 4.78 is 40.0. The fourth-order valence-corrected chi connectivity index (χ4v) is 2.72. The number of pyridine rings is 1. The molecule has 0 saturated carbocycles. The molecule has 0 bridgehead atoms. The molecule has 0 aliphatic heterocycles. The number of carbonyl (C=O) groups excluding carboxylic acids is 1. The van der Waals surface area contributed by atoms with Gasteiger partial charge in [-0.1, -0.05) is 30.3 Å². The predicted molar refractivity (Wildman–Crippen MR) is 100 cm³/mol. The Morgan fingerprint density at radius 2 is 2.07 bits per heavy atom. The van der Waals surface area contributed by atoms with Gasteiger partial charge < -0.3 is 9.88 Å². The first-order valence-corrected chi connectivity index (χ1v) is 8.41. The monoisotopic (exact) mass is 406 g/mol. The van der Waals surface area contributed by atoms with E-state index in [0.717, 1.165) is 12.1 Å². The molecule has 1 N–H and O–H groups in total. The molecular weight excluding hydrogens is 393 g/mol. The van der Waals surface area contributed by atoms with Crippen LogP contribution >= 0.6 is 11.6 Å². The first-order valence-electron chi connectivity index (χ1n) is 8.03. The second kappa shape index (κ2) is 7.85. The van der Waals surface area contributed by atoms with Crippen LogP contribution in [0.25, 0.3) is 6.08 Å². The molecule has 144 valence electrons. The van der Waals surface area contributed by atoms with Crippen LogP contribution < -0.4 is 5.32 Å². The number of aromatic nitrogens is 3. The molecule has 2 heterocycles. The smallest absolute Gasteiger partial charge is 0.331 e. The van der Waals surface area contributed by atoms with Crippen LogP contribution in [0.3, 0.4) is 0 Å². The predicted octanol–water partition coefficient (Wildman–Crippen LogP) is 4.89. The van der Waals surface area contributed by atoms with E-state index in [9.17, 15) is 18.0 Å². The number of benzene rings is 1. The van der Waals surface area contributed by atoms with Crippen LogP contribution in [-0.2, 0) is 12.7 Å². The molecule has 0 fully saturated rings. The van der Waals surface area contributed by atoms with Crippen LogP contribution in [0.5, 0.6) is 0 Å². The third-order valence-corrected chi connectivity index (χ3v) is 4.14. The maximum Gasteiger partial charge on any atom is 0.416 e. The summed E-state index contributed by atoms with van der Waals surface area (Å²) in [5.74, 6) is -0.265. The lowest BCUT2D eigenvalue weighted by Gasteiger charge is -2.09. The largest absolute Gasteiger partial charge is 0.416 e. The van der Waals surface area contributed by atoms with Crippen molar-refractivity contribution < 1.29 is 18.0 Å². The van der Waals surface area contributed by atoms with Crippen LogP contribution in [0.15, 0.2) is 55.6 Å². The third-order valence-electron chi connectivity index (χ3n) is 3.82. The summed E-state index contributed by atoms with van der Waals surface area (Å²) in [7, 11) is 0. The van der Waals surface area contributed by atoms with Gasteiger partial charge in [-0.15, -0.1) is 0 Å². The van der Waals surface area contributed by atoms with E-state index in [-0.39, 0.29) is 22.9 Å². The Balaban J connectivity index is 1.71. The molecule has 0 saturated heterocycles. The minimum Gasteiger partial charge on any atom is -0.331 e. The molecule has 0 atom stereocenters. The molecule has 2 aromatic heterocycles. The quantitative estimate of drug-likeness (QED) is 0.656. The van der Waals surface area contributed by atoms with E-state index in [2.05, 4.69) is 21.9 Å². The van der Waals surface area contributed by atoms with Gasteiger partial charge in [0, 0.05) is 18.9 Å². The summed E-state index contributed by atoms with van der Waals surface area (Å²) in [4.78, 5) is 20.4. The van der Waals surface area contributed by atoms with Crippen molar-refractivity contribution >= 4 is 29.4 Å². The molecule has 3 rings (SSSR count). The fourth-order valence-electron chi connectivity index (χ4n) is 2.48. The molecule has 5 nitrogen and oxygen atoms in total. The van der Waals surface area contributed by atoms with Gasteiger partial charge in [-0.2, -0.15) is 13.2 Å². The number of hydrogen-bond acceptors (Lipinski definition) is 3. The second-order valence-electron chi connectivity index (χ2n) is 5.88. The molecule has 0 unspecified atom stereocenters. The van der Waals surface area contributed by atoms with E-state index < -0.39 is 17.6 Å². The van der Waals surface area contributed by atoms with E-state index in [1.807, 2.05) is 0 Å². The number of rotatable bonds is 5. The van der Waals surface area contributed by atoms with E-state index in [0.29, 0.717) is 11.3 Å². The number of alkyl halides is 3. The van der Waals surface area contributed by atoms with E-state index in [1.165, 1.54) is 36.9 Å². The van der Waals surface area contributed by atoms with Crippen LogP contribution in [0.2, 0.25) is 5.02 Å². The van der Waals surface area contributed by atoms with Crippen LogP contribution in [0.1, 0.15) is 27.2 Å². The average molecular weight is 407 g/mol. The van der Waals surface area contributed by atoms with Gasteiger partial charge in [-0.3, -0.25) is 9.78 Å². The van der Waals surface area contributed by atoms with Crippen LogP contribution in [0, 0.1) is 0 Å². The molecule has 3 aromatic rings. The number of nitrogens with zero attached hydrogens (tertiary/aromatic N) is 3. The zero-order valence-electron chi connectivity index (χ0n) is 14.4. The highest BCUT2D eigenvalue weighted by Gasteiger charge is 2.30. The normalized spacial score (nSPS) is 11.3. The van der Waals surface area contributed by atoms with Gasteiger partial charge in [-0.25, -0.2) is 4.98 Å². The standard InChI is InChI=1S/C19H14ClF3N4O/c1-2-14-7-16(20)15(8-24-14)18(28)26-17-10-27(11-25-17)9-12-4-3-5-13(6-12)19(21,22)23/h2-8,10-11H,1,9H2,(H,26,28). The molecule has 1 amide bonds. The van der Waals surface area contributed by atoms with Crippen molar-refractivity contribution in [2.24, 2.45) is 0 Å².